The molecule has 0 unspecified atom stereocenters. The van der Waals surface area contributed by atoms with Gasteiger partial charge < -0.3 is 4.57 Å². The third-order valence-electron chi connectivity index (χ3n) is 4.22. The third kappa shape index (κ3) is 4.03. The Morgan fingerprint density at radius 1 is 1.24 bits per heavy atom. The Hall–Kier alpha value is -1.48. The first-order chi connectivity index (χ1) is 11.9. The molecule has 25 heavy (non-hydrogen) atoms. The Balaban J connectivity index is 1.68. The van der Waals surface area contributed by atoms with Crippen molar-refractivity contribution in [2.24, 2.45) is 18.0 Å². The van der Waals surface area contributed by atoms with E-state index in [4.69, 9.17) is 11.6 Å². The number of rotatable bonds is 3. The summed E-state index contributed by atoms with van der Waals surface area (Å²) in [5, 5.41) is 2.36. The van der Waals surface area contributed by atoms with Gasteiger partial charge in [-0.2, -0.15) is 9.30 Å². The molecule has 1 aliphatic heterocycles. The molecule has 0 N–H and O–H groups in total. The van der Waals surface area contributed by atoms with Gasteiger partial charge >= 0.3 is 0 Å². The van der Waals surface area contributed by atoms with Crippen molar-refractivity contribution in [3.05, 3.63) is 45.7 Å². The number of halogens is 1. The molecular formula is C16H18ClN3O3S2. The molecule has 0 saturated carbocycles. The van der Waals surface area contributed by atoms with Crippen LogP contribution in [0.15, 0.2) is 45.7 Å². The number of piperidine rings is 1. The fraction of sp³-hybridized carbons (Fsp3) is 0.375. The minimum Gasteiger partial charge on any atom is -0.327 e. The number of hydrogen-bond acceptors (Lipinski definition) is 4. The van der Waals surface area contributed by atoms with Gasteiger partial charge in [0, 0.05) is 42.7 Å². The summed E-state index contributed by atoms with van der Waals surface area (Å²) < 4.78 is 28.5. The Bertz CT molecular complexity index is 924. The molecule has 1 saturated heterocycles. The van der Waals surface area contributed by atoms with Gasteiger partial charge in [-0.1, -0.05) is 11.6 Å². The predicted octanol–water partition coefficient (Wildman–Crippen LogP) is 2.27. The van der Waals surface area contributed by atoms with E-state index in [0.29, 0.717) is 35.8 Å². The molecule has 1 aromatic heterocycles. The van der Waals surface area contributed by atoms with Crippen LogP contribution < -0.4 is 4.80 Å². The van der Waals surface area contributed by atoms with Gasteiger partial charge in [0.2, 0.25) is 10.0 Å². The van der Waals surface area contributed by atoms with E-state index >= 15 is 0 Å². The molecule has 6 nitrogen and oxygen atoms in total. The number of benzene rings is 1. The van der Waals surface area contributed by atoms with Crippen LogP contribution in [0.2, 0.25) is 5.02 Å². The third-order valence-corrected chi connectivity index (χ3v) is 7.23. The Morgan fingerprint density at radius 2 is 1.88 bits per heavy atom. The summed E-state index contributed by atoms with van der Waals surface area (Å²) in [5.74, 6) is -0.416. The number of aromatic nitrogens is 1. The number of amides is 1. The number of sulfonamides is 1. The summed E-state index contributed by atoms with van der Waals surface area (Å²) in [6, 6.07) is 6.12. The lowest BCUT2D eigenvalue weighted by Crippen LogP contribution is -2.40. The number of carbonyl (C=O) groups excluding carboxylic acids is 1. The first-order valence-corrected chi connectivity index (χ1v) is 10.5. The highest BCUT2D eigenvalue weighted by Gasteiger charge is 2.32. The normalized spacial score (nSPS) is 17.8. The lowest BCUT2D eigenvalue weighted by atomic mass is 9.98. The molecule has 9 heteroatoms. The van der Waals surface area contributed by atoms with Crippen molar-refractivity contribution >= 4 is 38.9 Å². The second kappa shape index (κ2) is 7.41. The molecule has 3 rings (SSSR count). The van der Waals surface area contributed by atoms with Crippen LogP contribution in [0.4, 0.5) is 0 Å². The molecule has 0 radical (unpaired) electrons. The van der Waals surface area contributed by atoms with E-state index in [2.05, 4.69) is 4.99 Å². The van der Waals surface area contributed by atoms with Gasteiger partial charge in [-0.3, -0.25) is 4.79 Å². The maximum Gasteiger partial charge on any atom is 0.251 e. The van der Waals surface area contributed by atoms with E-state index in [1.807, 2.05) is 18.6 Å². The molecule has 1 fully saturated rings. The van der Waals surface area contributed by atoms with Gasteiger partial charge in [0.25, 0.3) is 5.91 Å². The van der Waals surface area contributed by atoms with Gasteiger partial charge in [-0.05, 0) is 37.1 Å². The number of nitrogens with zero attached hydrogens (tertiary/aromatic N) is 3. The molecule has 1 aromatic carbocycles. The van der Waals surface area contributed by atoms with Gasteiger partial charge in [-0.25, -0.2) is 8.42 Å². The SMILES string of the molecule is Cn1ccsc1=NC(=O)C1CCN(S(=O)(=O)c2ccc(Cl)cc2)CC1. The molecule has 1 amide bonds. The summed E-state index contributed by atoms with van der Waals surface area (Å²) in [4.78, 5) is 17.4. The zero-order valence-electron chi connectivity index (χ0n) is 13.6. The Kier molecular flexibility index (Phi) is 5.43. The van der Waals surface area contributed by atoms with Crippen LogP contribution in [0.5, 0.6) is 0 Å². The van der Waals surface area contributed by atoms with Crippen molar-refractivity contribution in [3.63, 3.8) is 0 Å². The maximum atomic E-state index is 12.6. The summed E-state index contributed by atoms with van der Waals surface area (Å²) in [7, 11) is -1.72. The average Bonchev–Trinajstić information content (AvgIpc) is 3.00. The van der Waals surface area contributed by atoms with Gasteiger partial charge in [0.05, 0.1) is 4.90 Å². The second-order valence-electron chi connectivity index (χ2n) is 5.88. The summed E-state index contributed by atoms with van der Waals surface area (Å²) in [6.45, 7) is 0.626. The topological polar surface area (TPSA) is 71.7 Å². The number of hydrogen-bond donors (Lipinski definition) is 0. The van der Waals surface area contributed by atoms with Crippen LogP contribution >= 0.6 is 22.9 Å². The van der Waals surface area contributed by atoms with Crippen LogP contribution in [0.3, 0.4) is 0 Å². The molecule has 2 heterocycles. The van der Waals surface area contributed by atoms with Crippen LogP contribution in [0, 0.1) is 5.92 Å². The van der Waals surface area contributed by atoms with Crippen molar-refractivity contribution in [1.29, 1.82) is 0 Å². The summed E-state index contributed by atoms with van der Waals surface area (Å²) in [6.07, 6.45) is 2.80. The summed E-state index contributed by atoms with van der Waals surface area (Å²) >= 11 is 7.22. The zero-order chi connectivity index (χ0) is 18.0. The number of thiazole rings is 1. The number of carbonyl (C=O) groups is 1. The Labute approximate surface area is 155 Å². The first kappa shape index (κ1) is 18.3. The monoisotopic (exact) mass is 399 g/mol. The molecule has 0 aliphatic carbocycles. The minimum absolute atomic E-state index is 0.179. The number of aryl methyl sites for hydroxylation is 1. The Morgan fingerprint density at radius 3 is 2.44 bits per heavy atom. The molecule has 134 valence electrons. The zero-order valence-corrected chi connectivity index (χ0v) is 16.0. The smallest absolute Gasteiger partial charge is 0.251 e. The van der Waals surface area contributed by atoms with E-state index in [0.717, 1.165) is 0 Å². The average molecular weight is 400 g/mol. The summed E-state index contributed by atoms with van der Waals surface area (Å²) in [5.41, 5.74) is 0. The van der Waals surface area contributed by atoms with E-state index in [1.54, 1.807) is 16.7 Å². The first-order valence-electron chi connectivity index (χ1n) is 7.82. The van der Waals surface area contributed by atoms with E-state index in [1.165, 1.54) is 27.8 Å². The molecule has 0 atom stereocenters. The van der Waals surface area contributed by atoms with Crippen molar-refractivity contribution in [2.75, 3.05) is 13.1 Å². The van der Waals surface area contributed by atoms with E-state index < -0.39 is 10.0 Å². The largest absolute Gasteiger partial charge is 0.327 e. The van der Waals surface area contributed by atoms with Crippen molar-refractivity contribution < 1.29 is 13.2 Å². The predicted molar refractivity (Wildman–Crippen MR) is 96.8 cm³/mol. The molecule has 2 aromatic rings. The lowest BCUT2D eigenvalue weighted by molar-refractivity contribution is -0.122. The van der Waals surface area contributed by atoms with Crippen molar-refractivity contribution in [1.82, 2.24) is 8.87 Å². The van der Waals surface area contributed by atoms with Crippen LogP contribution in [0.25, 0.3) is 0 Å². The highest BCUT2D eigenvalue weighted by molar-refractivity contribution is 7.89. The van der Waals surface area contributed by atoms with E-state index in [9.17, 15) is 13.2 Å². The molecule has 0 spiro atoms. The maximum absolute atomic E-state index is 12.6. The van der Waals surface area contributed by atoms with Crippen molar-refractivity contribution in [2.45, 2.75) is 17.7 Å². The fourth-order valence-corrected chi connectivity index (χ4v) is 5.05. The van der Waals surface area contributed by atoms with Crippen LogP contribution in [0.1, 0.15) is 12.8 Å². The van der Waals surface area contributed by atoms with Gasteiger partial charge in [0.1, 0.15) is 0 Å². The molecule has 0 bridgehead atoms. The van der Waals surface area contributed by atoms with Crippen molar-refractivity contribution in [3.8, 4) is 0 Å². The standard InChI is InChI=1S/C16H18ClN3O3S2/c1-19-10-11-24-16(19)18-15(21)12-6-8-20(9-7-12)25(22,23)14-4-2-13(17)3-5-14/h2-5,10-12H,6-9H2,1H3. The quantitative estimate of drug-likeness (QED) is 0.794. The lowest BCUT2D eigenvalue weighted by Gasteiger charge is -2.29. The van der Waals surface area contributed by atoms with Crippen LogP contribution in [-0.4, -0.2) is 36.3 Å². The van der Waals surface area contributed by atoms with Crippen LogP contribution in [-0.2, 0) is 21.9 Å². The van der Waals surface area contributed by atoms with Gasteiger partial charge in [-0.15, -0.1) is 11.3 Å². The second-order valence-corrected chi connectivity index (χ2v) is 9.13. The highest BCUT2D eigenvalue weighted by Crippen LogP contribution is 2.25. The van der Waals surface area contributed by atoms with E-state index in [-0.39, 0.29) is 16.7 Å². The van der Waals surface area contributed by atoms with Gasteiger partial charge in [0.15, 0.2) is 4.80 Å². The minimum atomic E-state index is -3.55. The molecular weight excluding hydrogens is 382 g/mol. The fourth-order valence-electron chi connectivity index (χ4n) is 2.72. The highest BCUT2D eigenvalue weighted by atomic mass is 35.5. The molecule has 1 aliphatic rings.